The molecule has 0 spiro atoms. The Balaban J connectivity index is 1.70. The number of carbonyl (C=O) groups is 1. The van der Waals surface area contributed by atoms with Gasteiger partial charge in [0.15, 0.2) is 0 Å². The first kappa shape index (κ1) is 14.1. The lowest BCUT2D eigenvalue weighted by Crippen LogP contribution is -2.47. The SMILES string of the molecule is CC1(C)O[C@@H]2[C@@H](O)C=C[C@@H]2N1C(=O)OCc1ccccc1. The number of hydrogen-bond donors (Lipinski definition) is 1. The second-order valence-electron chi connectivity index (χ2n) is 5.81. The molecular weight excluding hydrogens is 270 g/mol. The third kappa shape index (κ3) is 2.54. The summed E-state index contributed by atoms with van der Waals surface area (Å²) in [6.07, 6.45) is 1.93. The molecule has 1 saturated heterocycles. The largest absolute Gasteiger partial charge is 0.444 e. The first-order valence-electron chi connectivity index (χ1n) is 7.03. The van der Waals surface area contributed by atoms with Crippen molar-refractivity contribution in [2.75, 3.05) is 0 Å². The van der Waals surface area contributed by atoms with Crippen molar-refractivity contribution < 1.29 is 19.4 Å². The highest BCUT2D eigenvalue weighted by Gasteiger charge is 2.53. The first-order chi connectivity index (χ1) is 9.99. The van der Waals surface area contributed by atoms with Gasteiger partial charge in [-0.25, -0.2) is 4.79 Å². The Morgan fingerprint density at radius 2 is 2.05 bits per heavy atom. The topological polar surface area (TPSA) is 59.0 Å². The lowest BCUT2D eigenvalue weighted by Gasteiger charge is -2.31. The van der Waals surface area contributed by atoms with Crippen LogP contribution in [-0.4, -0.2) is 40.1 Å². The van der Waals surface area contributed by atoms with Gasteiger partial charge in [-0.3, -0.25) is 4.90 Å². The molecule has 5 heteroatoms. The number of nitrogens with zero attached hydrogens (tertiary/aromatic N) is 1. The minimum Gasteiger partial charge on any atom is -0.444 e. The van der Waals surface area contributed by atoms with Crippen LogP contribution in [0.25, 0.3) is 0 Å². The molecule has 1 aromatic carbocycles. The molecular formula is C16H19NO4. The molecule has 0 unspecified atom stereocenters. The van der Waals surface area contributed by atoms with Crippen LogP contribution < -0.4 is 0 Å². The van der Waals surface area contributed by atoms with Crippen LogP contribution in [0.1, 0.15) is 19.4 Å². The number of amides is 1. The average molecular weight is 289 g/mol. The Morgan fingerprint density at radius 3 is 2.76 bits per heavy atom. The fraction of sp³-hybridized carbons (Fsp3) is 0.438. The second-order valence-corrected chi connectivity index (χ2v) is 5.81. The summed E-state index contributed by atoms with van der Waals surface area (Å²) in [5.74, 6) is 0. The predicted octanol–water partition coefficient (Wildman–Crippen LogP) is 2.06. The van der Waals surface area contributed by atoms with Crippen molar-refractivity contribution in [3.05, 3.63) is 48.0 Å². The van der Waals surface area contributed by atoms with Gasteiger partial charge in [0, 0.05) is 0 Å². The normalized spacial score (nSPS) is 29.5. The Morgan fingerprint density at radius 1 is 1.33 bits per heavy atom. The zero-order chi connectivity index (χ0) is 15.0. The van der Waals surface area contributed by atoms with Gasteiger partial charge < -0.3 is 14.6 Å². The van der Waals surface area contributed by atoms with E-state index in [2.05, 4.69) is 0 Å². The molecule has 1 heterocycles. The highest BCUT2D eigenvalue weighted by Crippen LogP contribution is 2.38. The Labute approximate surface area is 123 Å². The van der Waals surface area contributed by atoms with Crippen molar-refractivity contribution in [3.63, 3.8) is 0 Å². The molecule has 1 amide bonds. The van der Waals surface area contributed by atoms with E-state index in [0.29, 0.717) is 0 Å². The summed E-state index contributed by atoms with van der Waals surface area (Å²) < 4.78 is 11.2. The molecule has 1 fully saturated rings. The van der Waals surface area contributed by atoms with Gasteiger partial charge in [-0.1, -0.05) is 42.5 Å². The van der Waals surface area contributed by atoms with Gasteiger partial charge in [-0.2, -0.15) is 0 Å². The number of rotatable bonds is 2. The van der Waals surface area contributed by atoms with Crippen LogP contribution in [0.5, 0.6) is 0 Å². The number of fused-ring (bicyclic) bond motifs is 1. The molecule has 1 aromatic rings. The fourth-order valence-corrected chi connectivity index (χ4v) is 2.90. The lowest BCUT2D eigenvalue weighted by molar-refractivity contribution is -0.0911. The molecule has 0 radical (unpaired) electrons. The Hall–Kier alpha value is -1.85. The van der Waals surface area contributed by atoms with E-state index in [0.717, 1.165) is 5.56 Å². The van der Waals surface area contributed by atoms with Crippen molar-refractivity contribution in [2.24, 2.45) is 0 Å². The molecule has 112 valence electrons. The number of benzene rings is 1. The Bertz CT molecular complexity index is 555. The van der Waals surface area contributed by atoms with Crippen LogP contribution in [0.4, 0.5) is 4.79 Å². The maximum absolute atomic E-state index is 12.4. The number of ether oxygens (including phenoxy) is 2. The standard InChI is InChI=1S/C16H19NO4/c1-16(2)17(12-8-9-13(18)14(12)21-16)15(19)20-10-11-6-4-3-5-7-11/h3-9,12-14,18H,10H2,1-2H3/t12-,13-,14-/m0/s1. The van der Waals surface area contributed by atoms with Crippen LogP contribution in [-0.2, 0) is 16.1 Å². The van der Waals surface area contributed by atoms with Crippen LogP contribution in [0, 0.1) is 0 Å². The van der Waals surface area contributed by atoms with Gasteiger partial charge in [0.1, 0.15) is 24.5 Å². The van der Waals surface area contributed by atoms with E-state index < -0.39 is 24.0 Å². The molecule has 3 atom stereocenters. The maximum atomic E-state index is 12.4. The third-order valence-electron chi connectivity index (χ3n) is 3.88. The summed E-state index contributed by atoms with van der Waals surface area (Å²) in [5.41, 5.74) is 0.136. The number of hydrogen-bond acceptors (Lipinski definition) is 4. The number of aliphatic hydroxyl groups is 1. The summed E-state index contributed by atoms with van der Waals surface area (Å²) in [6.45, 7) is 3.82. The summed E-state index contributed by atoms with van der Waals surface area (Å²) in [7, 11) is 0. The van der Waals surface area contributed by atoms with Crippen LogP contribution in [0.2, 0.25) is 0 Å². The van der Waals surface area contributed by atoms with E-state index in [1.165, 1.54) is 0 Å². The third-order valence-corrected chi connectivity index (χ3v) is 3.88. The van der Waals surface area contributed by atoms with E-state index in [1.54, 1.807) is 30.9 Å². The average Bonchev–Trinajstić information content (AvgIpc) is 2.92. The fourth-order valence-electron chi connectivity index (χ4n) is 2.90. The van der Waals surface area contributed by atoms with E-state index in [1.807, 2.05) is 30.3 Å². The van der Waals surface area contributed by atoms with Gasteiger partial charge in [0.05, 0.1) is 6.04 Å². The van der Waals surface area contributed by atoms with Crippen LogP contribution in [0.15, 0.2) is 42.5 Å². The molecule has 0 aromatic heterocycles. The summed E-state index contributed by atoms with van der Waals surface area (Å²) in [4.78, 5) is 13.9. The van der Waals surface area contributed by atoms with Crippen molar-refractivity contribution in [2.45, 2.75) is 44.4 Å². The zero-order valence-corrected chi connectivity index (χ0v) is 12.1. The van der Waals surface area contributed by atoms with E-state index in [-0.39, 0.29) is 12.6 Å². The highest BCUT2D eigenvalue weighted by molar-refractivity contribution is 5.70. The molecule has 5 nitrogen and oxygen atoms in total. The van der Waals surface area contributed by atoms with Gasteiger partial charge in [0.25, 0.3) is 0 Å². The summed E-state index contributed by atoms with van der Waals surface area (Å²) >= 11 is 0. The molecule has 2 aliphatic rings. The molecule has 1 N–H and O–H groups in total. The summed E-state index contributed by atoms with van der Waals surface area (Å²) in [5, 5.41) is 9.85. The molecule has 1 aliphatic heterocycles. The van der Waals surface area contributed by atoms with Crippen LogP contribution >= 0.6 is 0 Å². The minimum absolute atomic E-state index is 0.218. The van der Waals surface area contributed by atoms with Crippen molar-refractivity contribution in [1.29, 1.82) is 0 Å². The molecule has 3 rings (SSSR count). The maximum Gasteiger partial charge on any atom is 0.412 e. The monoisotopic (exact) mass is 289 g/mol. The lowest BCUT2D eigenvalue weighted by atomic mass is 10.1. The predicted molar refractivity (Wildman–Crippen MR) is 76.4 cm³/mol. The van der Waals surface area contributed by atoms with Crippen molar-refractivity contribution in [3.8, 4) is 0 Å². The minimum atomic E-state index is -0.797. The van der Waals surface area contributed by atoms with Gasteiger partial charge in [-0.15, -0.1) is 0 Å². The smallest absolute Gasteiger partial charge is 0.412 e. The van der Waals surface area contributed by atoms with Crippen LogP contribution in [0.3, 0.4) is 0 Å². The first-order valence-corrected chi connectivity index (χ1v) is 7.03. The van der Waals surface area contributed by atoms with E-state index in [9.17, 15) is 9.90 Å². The van der Waals surface area contributed by atoms with Gasteiger partial charge in [0.2, 0.25) is 0 Å². The Kier molecular flexibility index (Phi) is 3.47. The molecule has 0 saturated carbocycles. The summed E-state index contributed by atoms with van der Waals surface area (Å²) in [6, 6.07) is 9.24. The molecule has 1 aliphatic carbocycles. The van der Waals surface area contributed by atoms with Gasteiger partial charge >= 0.3 is 6.09 Å². The van der Waals surface area contributed by atoms with E-state index in [4.69, 9.17) is 9.47 Å². The molecule has 21 heavy (non-hydrogen) atoms. The van der Waals surface area contributed by atoms with Crippen molar-refractivity contribution >= 4 is 6.09 Å². The van der Waals surface area contributed by atoms with E-state index >= 15 is 0 Å². The quantitative estimate of drug-likeness (QED) is 0.847. The number of aliphatic hydroxyl groups excluding tert-OH is 1. The zero-order valence-electron chi connectivity index (χ0n) is 12.1. The van der Waals surface area contributed by atoms with Gasteiger partial charge in [-0.05, 0) is 19.4 Å². The highest BCUT2D eigenvalue weighted by atomic mass is 16.6. The molecule has 0 bridgehead atoms. The number of carbonyl (C=O) groups excluding carboxylic acids is 1. The second kappa shape index (κ2) is 5.16. The van der Waals surface area contributed by atoms with Crippen molar-refractivity contribution in [1.82, 2.24) is 4.90 Å².